The maximum absolute atomic E-state index is 12.4. The van der Waals surface area contributed by atoms with Gasteiger partial charge in [-0.25, -0.2) is 0 Å². The lowest BCUT2D eigenvalue weighted by atomic mass is 10.1. The molecule has 1 aliphatic heterocycles. The van der Waals surface area contributed by atoms with E-state index in [4.69, 9.17) is 10.3 Å². The number of nitrogens with zero attached hydrogens (tertiary/aromatic N) is 3. The molecule has 0 radical (unpaired) electrons. The molecule has 2 N–H and O–H groups in total. The Kier molecular flexibility index (Phi) is 4.90. The molecule has 126 valence electrons. The first-order valence-corrected chi connectivity index (χ1v) is 7.92. The van der Waals surface area contributed by atoms with E-state index in [1.165, 1.54) is 22.7 Å². The van der Waals surface area contributed by atoms with Crippen LogP contribution in [0.4, 0.5) is 0 Å². The second-order valence-electron chi connectivity index (χ2n) is 5.83. The number of carbonyl (C=O) groups excluding carboxylic acids is 2. The number of nitrogens with two attached hydrogens (primary N) is 1. The Labute approximate surface area is 140 Å². The second kappa shape index (κ2) is 7.27. The third kappa shape index (κ3) is 3.62. The first-order chi connectivity index (χ1) is 11.6. The Hall–Kier alpha value is -2.67. The van der Waals surface area contributed by atoms with Gasteiger partial charge < -0.3 is 15.2 Å². The minimum atomic E-state index is -0.660. The Morgan fingerprint density at radius 2 is 2.00 bits per heavy atom. The van der Waals surface area contributed by atoms with E-state index >= 15 is 0 Å². The number of hydrogen-bond acceptors (Lipinski definition) is 5. The van der Waals surface area contributed by atoms with Crippen LogP contribution in [0.1, 0.15) is 16.1 Å². The minimum absolute atomic E-state index is 0.124. The van der Waals surface area contributed by atoms with E-state index in [0.29, 0.717) is 19.6 Å². The summed E-state index contributed by atoms with van der Waals surface area (Å²) >= 11 is 0. The van der Waals surface area contributed by atoms with Crippen molar-refractivity contribution in [2.24, 2.45) is 5.73 Å². The summed E-state index contributed by atoms with van der Waals surface area (Å²) in [5, 5.41) is 3.54. The molecule has 0 saturated carbocycles. The van der Waals surface area contributed by atoms with Crippen LogP contribution >= 0.6 is 0 Å². The van der Waals surface area contributed by atoms with E-state index in [2.05, 4.69) is 22.2 Å². The maximum atomic E-state index is 12.4. The van der Waals surface area contributed by atoms with E-state index in [9.17, 15) is 9.59 Å². The standard InChI is InChI=1S/C17H20N4O3/c18-16(22)14-12-20(9-7-13-4-2-1-3-5-13)10-11-21(14)17(23)15-6-8-19-24-15/h1-6,8,14H,7,9-12H2,(H2,18,22). The monoisotopic (exact) mass is 328 g/mol. The fourth-order valence-corrected chi connectivity index (χ4v) is 2.93. The molecule has 2 heterocycles. The Bertz CT molecular complexity index is 687. The van der Waals surface area contributed by atoms with Crippen molar-refractivity contribution in [3.63, 3.8) is 0 Å². The molecule has 3 rings (SSSR count). The molecule has 1 saturated heterocycles. The second-order valence-corrected chi connectivity index (χ2v) is 5.83. The van der Waals surface area contributed by atoms with Crippen LogP contribution in [-0.4, -0.2) is 59.0 Å². The van der Waals surface area contributed by atoms with Gasteiger partial charge in [0.05, 0.1) is 6.20 Å². The molecule has 24 heavy (non-hydrogen) atoms. The molecule has 1 aromatic heterocycles. The molecular weight excluding hydrogens is 308 g/mol. The van der Waals surface area contributed by atoms with Gasteiger partial charge in [0.25, 0.3) is 5.91 Å². The summed E-state index contributed by atoms with van der Waals surface area (Å²) < 4.78 is 4.90. The van der Waals surface area contributed by atoms with Gasteiger partial charge in [-0.2, -0.15) is 0 Å². The molecule has 1 fully saturated rings. The zero-order chi connectivity index (χ0) is 16.9. The zero-order valence-corrected chi connectivity index (χ0v) is 13.3. The van der Waals surface area contributed by atoms with Crippen LogP contribution in [0.15, 0.2) is 47.1 Å². The Balaban J connectivity index is 1.63. The van der Waals surface area contributed by atoms with Gasteiger partial charge in [-0.1, -0.05) is 35.5 Å². The van der Waals surface area contributed by atoms with E-state index < -0.39 is 11.9 Å². The average molecular weight is 328 g/mol. The van der Waals surface area contributed by atoms with E-state index in [1.54, 1.807) is 0 Å². The van der Waals surface area contributed by atoms with Gasteiger partial charge in [0, 0.05) is 32.2 Å². The number of aromatic nitrogens is 1. The third-order valence-electron chi connectivity index (χ3n) is 4.26. The van der Waals surface area contributed by atoms with Crippen molar-refractivity contribution in [3.8, 4) is 0 Å². The molecule has 1 atom stereocenters. The topological polar surface area (TPSA) is 92.7 Å². The predicted molar refractivity (Wildman–Crippen MR) is 87.1 cm³/mol. The van der Waals surface area contributed by atoms with Gasteiger partial charge in [0.2, 0.25) is 11.7 Å². The van der Waals surface area contributed by atoms with Gasteiger partial charge in [-0.15, -0.1) is 0 Å². The maximum Gasteiger partial charge on any atom is 0.293 e. The van der Waals surface area contributed by atoms with Crippen molar-refractivity contribution in [1.82, 2.24) is 15.0 Å². The van der Waals surface area contributed by atoms with E-state index in [-0.39, 0.29) is 11.7 Å². The number of carbonyl (C=O) groups is 2. The molecule has 1 aromatic carbocycles. The highest BCUT2D eigenvalue weighted by atomic mass is 16.5. The van der Waals surface area contributed by atoms with Crippen LogP contribution in [0.25, 0.3) is 0 Å². The van der Waals surface area contributed by atoms with E-state index in [1.807, 2.05) is 18.2 Å². The van der Waals surface area contributed by atoms with Gasteiger partial charge in [-0.05, 0) is 12.0 Å². The molecule has 1 aliphatic rings. The molecule has 2 aromatic rings. The van der Waals surface area contributed by atoms with Crippen molar-refractivity contribution in [3.05, 3.63) is 53.9 Å². The number of rotatable bonds is 5. The quantitative estimate of drug-likeness (QED) is 0.864. The smallest absolute Gasteiger partial charge is 0.293 e. The predicted octanol–water partition coefficient (Wildman–Crippen LogP) is 0.529. The summed E-state index contributed by atoms with van der Waals surface area (Å²) in [7, 11) is 0. The van der Waals surface area contributed by atoms with Crippen LogP contribution in [0.5, 0.6) is 0 Å². The fraction of sp³-hybridized carbons (Fsp3) is 0.353. The lowest BCUT2D eigenvalue weighted by Crippen LogP contribution is -2.60. The van der Waals surface area contributed by atoms with Crippen molar-refractivity contribution in [1.29, 1.82) is 0 Å². The van der Waals surface area contributed by atoms with Gasteiger partial charge in [0.1, 0.15) is 6.04 Å². The highest BCUT2D eigenvalue weighted by molar-refractivity contribution is 5.95. The molecule has 0 bridgehead atoms. The van der Waals surface area contributed by atoms with Gasteiger partial charge >= 0.3 is 0 Å². The number of hydrogen-bond donors (Lipinski definition) is 1. The van der Waals surface area contributed by atoms with Gasteiger partial charge in [-0.3, -0.25) is 14.5 Å². The fourth-order valence-electron chi connectivity index (χ4n) is 2.93. The number of benzene rings is 1. The molecule has 1 unspecified atom stereocenters. The van der Waals surface area contributed by atoms with Crippen molar-refractivity contribution in [2.45, 2.75) is 12.5 Å². The summed E-state index contributed by atoms with van der Waals surface area (Å²) in [6, 6.07) is 11.0. The Morgan fingerprint density at radius 3 is 2.67 bits per heavy atom. The van der Waals surface area contributed by atoms with Crippen molar-refractivity contribution < 1.29 is 14.1 Å². The largest absolute Gasteiger partial charge is 0.368 e. The third-order valence-corrected chi connectivity index (χ3v) is 4.26. The SMILES string of the molecule is NC(=O)C1CN(CCc2ccccc2)CCN1C(=O)c1ccno1. The summed E-state index contributed by atoms with van der Waals surface area (Å²) in [6.07, 6.45) is 2.30. The highest BCUT2D eigenvalue weighted by Gasteiger charge is 2.35. The molecule has 2 amide bonds. The summed E-state index contributed by atoms with van der Waals surface area (Å²) in [4.78, 5) is 27.9. The Morgan fingerprint density at radius 1 is 1.21 bits per heavy atom. The highest BCUT2D eigenvalue weighted by Crippen LogP contribution is 2.15. The summed E-state index contributed by atoms with van der Waals surface area (Å²) in [6.45, 7) is 2.37. The first-order valence-electron chi connectivity index (χ1n) is 7.92. The molecule has 0 spiro atoms. The lowest BCUT2D eigenvalue weighted by molar-refractivity contribution is -0.124. The zero-order valence-electron chi connectivity index (χ0n) is 13.3. The summed E-state index contributed by atoms with van der Waals surface area (Å²) in [5.41, 5.74) is 6.76. The van der Waals surface area contributed by atoms with Gasteiger partial charge in [0.15, 0.2) is 0 Å². The number of piperazine rings is 1. The molecule has 7 nitrogen and oxygen atoms in total. The van der Waals surface area contributed by atoms with Crippen LogP contribution < -0.4 is 5.73 Å². The normalized spacial score (nSPS) is 18.5. The summed E-state index contributed by atoms with van der Waals surface area (Å²) in [5.74, 6) is -0.731. The lowest BCUT2D eigenvalue weighted by Gasteiger charge is -2.39. The van der Waals surface area contributed by atoms with E-state index in [0.717, 1.165) is 13.0 Å². The van der Waals surface area contributed by atoms with Crippen LogP contribution in [-0.2, 0) is 11.2 Å². The minimum Gasteiger partial charge on any atom is -0.368 e. The average Bonchev–Trinajstić information content (AvgIpc) is 3.14. The number of amides is 2. The van der Waals surface area contributed by atoms with Crippen LogP contribution in [0, 0.1) is 0 Å². The number of primary amides is 1. The first kappa shape index (κ1) is 16.2. The molecular formula is C17H20N4O3. The van der Waals surface area contributed by atoms with Crippen molar-refractivity contribution >= 4 is 11.8 Å². The van der Waals surface area contributed by atoms with Crippen LogP contribution in [0.2, 0.25) is 0 Å². The van der Waals surface area contributed by atoms with Crippen molar-refractivity contribution in [2.75, 3.05) is 26.2 Å². The molecule has 7 heteroatoms. The molecule has 0 aliphatic carbocycles. The van der Waals surface area contributed by atoms with Crippen LogP contribution in [0.3, 0.4) is 0 Å².